The highest BCUT2D eigenvalue weighted by molar-refractivity contribution is 6.33. The van der Waals surface area contributed by atoms with Crippen LogP contribution in [0.25, 0.3) is 0 Å². The Bertz CT molecular complexity index is 1240. The van der Waals surface area contributed by atoms with Crippen LogP contribution in [-0.2, 0) is 5.41 Å². The molecule has 0 spiro atoms. The zero-order chi connectivity index (χ0) is 25.4. The molecule has 6 heteroatoms. The van der Waals surface area contributed by atoms with E-state index in [1.54, 1.807) is 23.2 Å². The van der Waals surface area contributed by atoms with Crippen molar-refractivity contribution in [1.82, 2.24) is 4.98 Å². The van der Waals surface area contributed by atoms with Gasteiger partial charge in [-0.15, -0.1) is 0 Å². The first-order valence-electron chi connectivity index (χ1n) is 12.8. The van der Waals surface area contributed by atoms with Crippen LogP contribution in [0, 0.1) is 17.8 Å². The molecule has 2 bridgehead atoms. The van der Waals surface area contributed by atoms with Gasteiger partial charge in [0.1, 0.15) is 11.4 Å². The maximum atomic E-state index is 11.6. The molecule has 0 aliphatic heterocycles. The minimum Gasteiger partial charge on any atom is -0.478 e. The molecule has 0 radical (unpaired) electrons. The molecule has 5 nitrogen and oxygen atoms in total. The molecule has 2 N–H and O–H groups in total. The van der Waals surface area contributed by atoms with Crippen LogP contribution in [0.4, 0.5) is 22.9 Å². The highest BCUT2D eigenvalue weighted by Gasteiger charge is 2.41. The predicted molar refractivity (Wildman–Crippen MR) is 147 cm³/mol. The SMILES string of the molecule is CC1CC2CC(C1)CC(C)(c1ccc(Nc3ccc(N(C)c4ncccc4C(=O)O)cc3)c(Cl)c1)C2. The predicted octanol–water partition coefficient (Wildman–Crippen LogP) is 8.05. The standard InChI is InChI=1S/C30H34ClN3O2/c1-19-13-20-15-21(14-19)18-30(2,17-20)22-6-11-27(26(31)16-22)33-23-7-9-24(10-8-23)34(3)28-25(29(35)36)5-4-12-32-28/h4-12,16,19-21,33H,13-15,17-18H2,1-3H3,(H,35,36). The first-order chi connectivity index (χ1) is 17.2. The van der Waals surface area contributed by atoms with Gasteiger partial charge in [0.25, 0.3) is 0 Å². The highest BCUT2D eigenvalue weighted by Crippen LogP contribution is 2.51. The number of carbonyl (C=O) groups is 1. The molecule has 2 aromatic carbocycles. The molecule has 2 atom stereocenters. The van der Waals surface area contributed by atoms with Crippen molar-refractivity contribution < 1.29 is 9.90 Å². The van der Waals surface area contributed by atoms with Crippen molar-refractivity contribution in [3.05, 3.63) is 76.9 Å². The van der Waals surface area contributed by atoms with Crippen LogP contribution in [0.15, 0.2) is 60.8 Å². The summed E-state index contributed by atoms with van der Waals surface area (Å²) < 4.78 is 0. The molecule has 2 unspecified atom stereocenters. The number of nitrogens with one attached hydrogen (secondary N) is 1. The van der Waals surface area contributed by atoms with Crippen molar-refractivity contribution in [2.75, 3.05) is 17.3 Å². The van der Waals surface area contributed by atoms with Crippen LogP contribution < -0.4 is 10.2 Å². The Hall–Kier alpha value is -3.05. The molecule has 188 valence electrons. The van der Waals surface area contributed by atoms with E-state index in [4.69, 9.17) is 11.6 Å². The number of aromatic carboxylic acids is 1. The largest absolute Gasteiger partial charge is 0.478 e. The molecule has 2 aliphatic carbocycles. The lowest BCUT2D eigenvalue weighted by Crippen LogP contribution is -2.38. The van der Waals surface area contributed by atoms with E-state index in [1.807, 2.05) is 31.3 Å². The fourth-order valence-electron chi connectivity index (χ4n) is 6.69. The number of hydrogen-bond donors (Lipinski definition) is 2. The lowest BCUT2D eigenvalue weighted by atomic mass is 9.57. The number of nitrogens with zero attached hydrogens (tertiary/aromatic N) is 2. The van der Waals surface area contributed by atoms with Crippen LogP contribution in [0.5, 0.6) is 0 Å². The Balaban J connectivity index is 1.30. The van der Waals surface area contributed by atoms with Crippen molar-refractivity contribution in [3.63, 3.8) is 0 Å². The average Bonchev–Trinajstić information content (AvgIpc) is 2.84. The molecule has 3 aromatic rings. The Labute approximate surface area is 218 Å². The lowest BCUT2D eigenvalue weighted by molar-refractivity contribution is 0.0697. The third kappa shape index (κ3) is 4.94. The summed E-state index contributed by atoms with van der Waals surface area (Å²) in [5.74, 6) is 1.94. The Morgan fingerprint density at radius 3 is 2.42 bits per heavy atom. The number of benzene rings is 2. The number of carboxylic acid groups (broad SMARTS) is 1. The number of aromatic nitrogens is 1. The minimum absolute atomic E-state index is 0.166. The van der Waals surface area contributed by atoms with E-state index in [-0.39, 0.29) is 11.0 Å². The van der Waals surface area contributed by atoms with Gasteiger partial charge in [0.2, 0.25) is 0 Å². The Morgan fingerprint density at radius 2 is 1.78 bits per heavy atom. The van der Waals surface area contributed by atoms with Gasteiger partial charge in [-0.1, -0.05) is 31.5 Å². The van der Waals surface area contributed by atoms with Crippen molar-refractivity contribution in [2.45, 2.75) is 51.4 Å². The third-order valence-electron chi connectivity index (χ3n) is 8.15. The van der Waals surface area contributed by atoms with Gasteiger partial charge in [0.05, 0.1) is 10.7 Å². The maximum Gasteiger partial charge on any atom is 0.339 e. The van der Waals surface area contributed by atoms with Gasteiger partial charge in [0, 0.05) is 24.6 Å². The summed E-state index contributed by atoms with van der Waals surface area (Å²) in [5.41, 5.74) is 4.35. The van der Waals surface area contributed by atoms with Crippen molar-refractivity contribution in [3.8, 4) is 0 Å². The molecule has 0 saturated heterocycles. The second-order valence-corrected chi connectivity index (χ2v) is 11.5. The number of hydrogen-bond acceptors (Lipinski definition) is 4. The van der Waals surface area contributed by atoms with Gasteiger partial charge >= 0.3 is 5.97 Å². The number of fused-ring (bicyclic) bond motifs is 2. The number of anilines is 4. The molecule has 2 fully saturated rings. The summed E-state index contributed by atoms with van der Waals surface area (Å²) in [5, 5.41) is 13.6. The topological polar surface area (TPSA) is 65.5 Å². The zero-order valence-electron chi connectivity index (χ0n) is 21.2. The minimum atomic E-state index is -0.999. The van der Waals surface area contributed by atoms with Crippen LogP contribution in [0.3, 0.4) is 0 Å². The Kier molecular flexibility index (Phi) is 6.69. The molecule has 2 saturated carbocycles. The van der Waals surface area contributed by atoms with E-state index in [9.17, 15) is 9.90 Å². The van der Waals surface area contributed by atoms with E-state index in [1.165, 1.54) is 37.7 Å². The van der Waals surface area contributed by atoms with Crippen LogP contribution in [-0.4, -0.2) is 23.1 Å². The van der Waals surface area contributed by atoms with Crippen LogP contribution in [0.2, 0.25) is 5.02 Å². The average molecular weight is 504 g/mol. The lowest BCUT2D eigenvalue weighted by Gasteiger charge is -2.47. The summed E-state index contributed by atoms with van der Waals surface area (Å²) in [6.45, 7) is 4.84. The van der Waals surface area contributed by atoms with Gasteiger partial charge in [-0.25, -0.2) is 9.78 Å². The van der Waals surface area contributed by atoms with E-state index in [2.05, 4.69) is 42.3 Å². The van der Waals surface area contributed by atoms with Gasteiger partial charge < -0.3 is 15.3 Å². The van der Waals surface area contributed by atoms with E-state index in [0.717, 1.165) is 39.8 Å². The molecule has 1 aromatic heterocycles. The molecule has 36 heavy (non-hydrogen) atoms. The first kappa shape index (κ1) is 24.6. The van der Waals surface area contributed by atoms with Gasteiger partial charge in [-0.3, -0.25) is 0 Å². The van der Waals surface area contributed by atoms with E-state index >= 15 is 0 Å². The highest BCUT2D eigenvalue weighted by atomic mass is 35.5. The number of halogens is 1. The molecule has 0 amide bonds. The molecular formula is C30H34ClN3O2. The van der Waals surface area contributed by atoms with Gasteiger partial charge in [-0.05, 0) is 109 Å². The summed E-state index contributed by atoms with van der Waals surface area (Å²) >= 11 is 6.78. The van der Waals surface area contributed by atoms with Crippen LogP contribution >= 0.6 is 11.6 Å². The van der Waals surface area contributed by atoms with Crippen molar-refractivity contribution in [2.24, 2.45) is 17.8 Å². The molecule has 5 rings (SSSR count). The molecule has 1 heterocycles. The second kappa shape index (κ2) is 9.78. The quantitative estimate of drug-likeness (QED) is 0.356. The fourth-order valence-corrected chi connectivity index (χ4v) is 6.92. The van der Waals surface area contributed by atoms with Crippen molar-refractivity contribution in [1.29, 1.82) is 0 Å². The van der Waals surface area contributed by atoms with E-state index in [0.29, 0.717) is 5.82 Å². The molecular weight excluding hydrogens is 470 g/mol. The van der Waals surface area contributed by atoms with E-state index < -0.39 is 5.97 Å². The summed E-state index contributed by atoms with van der Waals surface area (Å²) in [6, 6.07) is 17.5. The van der Waals surface area contributed by atoms with Gasteiger partial charge in [0.15, 0.2) is 0 Å². The summed E-state index contributed by atoms with van der Waals surface area (Å²) in [7, 11) is 1.81. The summed E-state index contributed by atoms with van der Waals surface area (Å²) in [4.78, 5) is 17.6. The maximum absolute atomic E-state index is 11.6. The second-order valence-electron chi connectivity index (χ2n) is 11.1. The number of pyridine rings is 1. The molecule has 2 aliphatic rings. The smallest absolute Gasteiger partial charge is 0.339 e. The number of rotatable bonds is 6. The number of carboxylic acids is 1. The normalized spacial score (nSPS) is 25.3. The third-order valence-corrected chi connectivity index (χ3v) is 8.46. The van der Waals surface area contributed by atoms with Crippen LogP contribution in [0.1, 0.15) is 61.9 Å². The fraction of sp³-hybridized carbons (Fsp3) is 0.400. The van der Waals surface area contributed by atoms with Gasteiger partial charge in [-0.2, -0.15) is 0 Å². The zero-order valence-corrected chi connectivity index (χ0v) is 21.9. The Morgan fingerprint density at radius 1 is 1.08 bits per heavy atom. The van der Waals surface area contributed by atoms with Crippen molar-refractivity contribution >= 4 is 40.5 Å². The monoisotopic (exact) mass is 503 g/mol. The summed E-state index contributed by atoms with van der Waals surface area (Å²) in [6.07, 6.45) is 8.24. The first-order valence-corrected chi connectivity index (χ1v) is 13.2.